The average molecular weight is 561 g/mol. The molecule has 0 bridgehead atoms. The minimum Gasteiger partial charge on any atom is -0.390 e. The Bertz CT molecular complexity index is 1020. The van der Waals surface area contributed by atoms with E-state index in [0.29, 0.717) is 31.4 Å². The molecule has 0 aliphatic carbocycles. The minimum atomic E-state index is -0.0882. The van der Waals surface area contributed by atoms with Crippen molar-refractivity contribution >= 4 is 28.2 Å². The number of nitrogens with two attached hydrogens (primary N) is 1. The van der Waals surface area contributed by atoms with Crippen molar-refractivity contribution in [1.29, 1.82) is 0 Å². The first-order chi connectivity index (χ1) is 17.4. The molecule has 3 heterocycles. The van der Waals surface area contributed by atoms with Crippen molar-refractivity contribution in [3.8, 4) is 0 Å². The second-order valence-electron chi connectivity index (χ2n) is 9.76. The first-order valence-corrected chi connectivity index (χ1v) is 13.5. The van der Waals surface area contributed by atoms with E-state index in [1.807, 2.05) is 11.8 Å². The summed E-state index contributed by atoms with van der Waals surface area (Å²) < 4.78 is 12.2. The standard InChI is InChI=1S/C27H38BrN5O3/c1-18(19(2)33-10-6-20-4-5-22(28)14-21(20)15-33)26(30-17-29)27(34)32-11-7-23(8-12-32)31-24-9-13-36-16-25(24)35-3/h4-5,14,17,23-25,31H,2,6-13,15-16H2,1,3H3,(H2,29,30)/b26-18-/t24-,25+/m0/s1. The van der Waals surface area contributed by atoms with E-state index in [4.69, 9.17) is 15.2 Å². The molecule has 2 fully saturated rings. The maximum atomic E-state index is 13.5. The summed E-state index contributed by atoms with van der Waals surface area (Å²) in [5.74, 6) is -0.0882. The molecule has 36 heavy (non-hydrogen) atoms. The van der Waals surface area contributed by atoms with Crippen molar-refractivity contribution < 1.29 is 14.3 Å². The van der Waals surface area contributed by atoms with Gasteiger partial charge in [-0.25, -0.2) is 4.99 Å². The normalized spacial score (nSPS) is 24.0. The molecule has 3 aliphatic rings. The van der Waals surface area contributed by atoms with E-state index in [1.165, 1.54) is 17.5 Å². The Balaban J connectivity index is 1.40. The van der Waals surface area contributed by atoms with E-state index in [0.717, 1.165) is 61.1 Å². The number of piperidine rings is 1. The molecule has 0 spiro atoms. The summed E-state index contributed by atoms with van der Waals surface area (Å²) in [7, 11) is 1.74. The summed E-state index contributed by atoms with van der Waals surface area (Å²) >= 11 is 3.57. The van der Waals surface area contributed by atoms with Gasteiger partial charge in [-0.15, -0.1) is 0 Å². The molecule has 0 radical (unpaired) electrons. The topological polar surface area (TPSA) is 92.4 Å². The molecule has 0 unspecified atom stereocenters. The third kappa shape index (κ3) is 6.19. The molecule has 4 rings (SSSR count). The second kappa shape index (κ2) is 12.4. The number of nitrogens with zero attached hydrogens (tertiary/aromatic N) is 3. The molecular weight excluding hydrogens is 522 g/mol. The summed E-state index contributed by atoms with van der Waals surface area (Å²) in [6.45, 7) is 10.6. The number of benzene rings is 1. The molecular formula is C27H38BrN5O3. The summed E-state index contributed by atoms with van der Waals surface area (Å²) in [4.78, 5) is 21.9. The lowest BCUT2D eigenvalue weighted by molar-refractivity contribution is -0.128. The molecule has 2 atom stereocenters. The second-order valence-corrected chi connectivity index (χ2v) is 10.7. The van der Waals surface area contributed by atoms with Gasteiger partial charge in [0.25, 0.3) is 5.91 Å². The first-order valence-electron chi connectivity index (χ1n) is 12.7. The van der Waals surface area contributed by atoms with Crippen LogP contribution in [0.3, 0.4) is 0 Å². The molecule has 3 N–H and O–H groups in total. The van der Waals surface area contributed by atoms with Crippen LogP contribution in [0.5, 0.6) is 0 Å². The van der Waals surface area contributed by atoms with Gasteiger partial charge in [0.05, 0.1) is 19.0 Å². The van der Waals surface area contributed by atoms with Gasteiger partial charge in [-0.2, -0.15) is 0 Å². The molecule has 0 aromatic heterocycles. The number of carbonyl (C=O) groups is 1. The third-order valence-electron chi connectivity index (χ3n) is 7.60. The number of fused-ring (bicyclic) bond motifs is 1. The molecule has 9 heteroatoms. The Morgan fingerprint density at radius 2 is 2.03 bits per heavy atom. The van der Waals surface area contributed by atoms with E-state index >= 15 is 0 Å². The predicted molar refractivity (Wildman–Crippen MR) is 146 cm³/mol. The van der Waals surface area contributed by atoms with Gasteiger partial charge in [0.2, 0.25) is 0 Å². The van der Waals surface area contributed by atoms with Crippen LogP contribution in [0.2, 0.25) is 0 Å². The predicted octanol–water partition coefficient (Wildman–Crippen LogP) is 2.97. The van der Waals surface area contributed by atoms with Crippen LogP contribution >= 0.6 is 15.9 Å². The van der Waals surface area contributed by atoms with Crippen molar-refractivity contribution in [1.82, 2.24) is 15.1 Å². The highest BCUT2D eigenvalue weighted by atomic mass is 79.9. The fraction of sp³-hybridized carbons (Fsp3) is 0.556. The summed E-state index contributed by atoms with van der Waals surface area (Å²) in [5.41, 5.74) is 10.3. The van der Waals surface area contributed by atoms with E-state index < -0.39 is 0 Å². The van der Waals surface area contributed by atoms with Gasteiger partial charge in [-0.1, -0.05) is 28.6 Å². The Kier molecular flexibility index (Phi) is 9.22. The zero-order valence-electron chi connectivity index (χ0n) is 21.3. The first kappa shape index (κ1) is 26.9. The van der Waals surface area contributed by atoms with Crippen molar-refractivity contribution in [2.45, 2.75) is 57.3 Å². The van der Waals surface area contributed by atoms with Crippen LogP contribution in [0, 0.1) is 0 Å². The number of halogens is 1. The van der Waals surface area contributed by atoms with Crippen LogP contribution in [-0.2, 0) is 27.2 Å². The van der Waals surface area contributed by atoms with E-state index in [-0.39, 0.29) is 18.1 Å². The smallest absolute Gasteiger partial charge is 0.272 e. The molecule has 0 saturated carbocycles. The zero-order chi connectivity index (χ0) is 25.7. The van der Waals surface area contributed by atoms with Crippen LogP contribution in [0.25, 0.3) is 0 Å². The number of methoxy groups -OCH3 is 1. The summed E-state index contributed by atoms with van der Waals surface area (Å²) in [5, 5.41) is 3.74. The number of aliphatic imine (C=N–C) groups is 1. The number of rotatable bonds is 7. The number of nitrogens with one attached hydrogen (secondary N) is 1. The molecule has 1 aromatic rings. The van der Waals surface area contributed by atoms with Gasteiger partial charge in [0, 0.05) is 67.7 Å². The van der Waals surface area contributed by atoms with Gasteiger partial charge < -0.3 is 30.3 Å². The lowest BCUT2D eigenvalue weighted by Gasteiger charge is -2.38. The average Bonchev–Trinajstić information content (AvgIpc) is 2.91. The van der Waals surface area contributed by atoms with E-state index in [9.17, 15) is 4.79 Å². The highest BCUT2D eigenvalue weighted by Crippen LogP contribution is 2.29. The number of allylic oxidation sites excluding steroid dienone is 1. The molecule has 196 valence electrons. The number of hydrogen-bond acceptors (Lipinski definition) is 6. The molecule has 1 amide bonds. The molecule has 2 saturated heterocycles. The van der Waals surface area contributed by atoms with Gasteiger partial charge >= 0.3 is 0 Å². The van der Waals surface area contributed by atoms with Crippen LogP contribution < -0.4 is 11.1 Å². The van der Waals surface area contributed by atoms with Gasteiger partial charge in [-0.05, 0) is 55.9 Å². The Morgan fingerprint density at radius 3 is 2.75 bits per heavy atom. The monoisotopic (exact) mass is 559 g/mol. The van der Waals surface area contributed by atoms with Crippen LogP contribution in [-0.4, -0.2) is 80.2 Å². The summed E-state index contributed by atoms with van der Waals surface area (Å²) in [6.07, 6.45) is 4.93. The number of ether oxygens (including phenoxy) is 2. The Morgan fingerprint density at radius 1 is 1.25 bits per heavy atom. The van der Waals surface area contributed by atoms with Gasteiger partial charge in [0.15, 0.2) is 0 Å². The lowest BCUT2D eigenvalue weighted by atomic mass is 9.98. The van der Waals surface area contributed by atoms with Crippen LogP contribution in [0.1, 0.15) is 37.3 Å². The Hall–Kier alpha value is -2.20. The van der Waals surface area contributed by atoms with Crippen molar-refractivity contribution in [2.75, 3.05) is 40.0 Å². The number of hydrogen-bond donors (Lipinski definition) is 2. The number of amides is 1. The van der Waals surface area contributed by atoms with Crippen LogP contribution in [0.15, 0.2) is 51.2 Å². The Labute approximate surface area is 222 Å². The van der Waals surface area contributed by atoms with Gasteiger partial charge in [0.1, 0.15) is 5.70 Å². The maximum absolute atomic E-state index is 13.5. The fourth-order valence-corrected chi connectivity index (χ4v) is 5.76. The maximum Gasteiger partial charge on any atom is 0.272 e. The number of likely N-dealkylation sites (tertiary alicyclic amines) is 1. The zero-order valence-corrected chi connectivity index (χ0v) is 22.9. The van der Waals surface area contributed by atoms with Crippen molar-refractivity contribution in [3.63, 3.8) is 0 Å². The van der Waals surface area contributed by atoms with Gasteiger partial charge in [-0.3, -0.25) is 4.79 Å². The largest absolute Gasteiger partial charge is 0.390 e. The molecule has 8 nitrogen and oxygen atoms in total. The van der Waals surface area contributed by atoms with Crippen molar-refractivity contribution in [3.05, 3.63) is 57.3 Å². The lowest BCUT2D eigenvalue weighted by Crippen LogP contribution is -2.54. The highest BCUT2D eigenvalue weighted by molar-refractivity contribution is 9.10. The fourth-order valence-electron chi connectivity index (χ4n) is 5.35. The van der Waals surface area contributed by atoms with E-state index in [1.54, 1.807) is 7.11 Å². The molecule has 3 aliphatic heterocycles. The number of carbonyl (C=O) groups excluding carboxylic acids is 1. The molecule has 1 aromatic carbocycles. The highest BCUT2D eigenvalue weighted by Gasteiger charge is 2.31. The van der Waals surface area contributed by atoms with Crippen LogP contribution in [0.4, 0.5) is 0 Å². The van der Waals surface area contributed by atoms with Crippen molar-refractivity contribution in [2.24, 2.45) is 10.7 Å². The summed E-state index contributed by atoms with van der Waals surface area (Å²) in [6, 6.07) is 7.05. The minimum absolute atomic E-state index is 0.0726. The van der Waals surface area contributed by atoms with E-state index in [2.05, 4.69) is 55.9 Å². The third-order valence-corrected chi connectivity index (χ3v) is 8.09. The SMILES string of the molecule is C=C(/C(C)=C(\N=C/N)C(=O)N1CCC(N[C@H]2CCOC[C@H]2OC)CC1)N1CCc2ccc(Br)cc2C1. The quantitative estimate of drug-likeness (QED) is 0.231.